The average Bonchev–Trinajstić information content (AvgIpc) is 3.40. The van der Waals surface area contributed by atoms with Crippen LogP contribution < -0.4 is 10.1 Å². The van der Waals surface area contributed by atoms with Gasteiger partial charge in [0, 0.05) is 32.6 Å². The van der Waals surface area contributed by atoms with Crippen LogP contribution in [-0.4, -0.2) is 18.8 Å². The highest BCUT2D eigenvalue weighted by Gasteiger charge is 2.20. The highest BCUT2D eigenvalue weighted by molar-refractivity contribution is 6.30. The SMILES string of the molecule is COc1cccc2cc(C(=O)Nc3ccc4oc(C(=O)c5ccc(Cl)cc5)c(C)c4c3)oc12. The molecule has 0 bridgehead atoms. The summed E-state index contributed by atoms with van der Waals surface area (Å²) >= 11 is 5.92. The molecule has 0 saturated carbocycles. The van der Waals surface area contributed by atoms with E-state index in [0.717, 1.165) is 10.8 Å². The first-order valence-electron chi connectivity index (χ1n) is 10.2. The van der Waals surface area contributed by atoms with Gasteiger partial charge in [0.25, 0.3) is 5.91 Å². The molecule has 0 aliphatic carbocycles. The number of amides is 1. The number of halogens is 1. The zero-order valence-electron chi connectivity index (χ0n) is 17.8. The summed E-state index contributed by atoms with van der Waals surface area (Å²) in [5.74, 6) is 0.338. The van der Waals surface area contributed by atoms with Gasteiger partial charge in [-0.1, -0.05) is 23.7 Å². The molecule has 0 atom stereocenters. The highest BCUT2D eigenvalue weighted by atomic mass is 35.5. The van der Waals surface area contributed by atoms with Gasteiger partial charge in [0.1, 0.15) is 5.58 Å². The zero-order valence-corrected chi connectivity index (χ0v) is 18.5. The molecule has 0 aliphatic rings. The van der Waals surface area contributed by atoms with E-state index in [4.69, 9.17) is 25.2 Å². The topological polar surface area (TPSA) is 81.7 Å². The van der Waals surface area contributed by atoms with Gasteiger partial charge in [-0.3, -0.25) is 9.59 Å². The number of anilines is 1. The monoisotopic (exact) mass is 459 g/mol. The standard InChI is InChI=1S/C26H18ClNO5/c1-14-19-13-18(28-26(30)22-12-16-4-3-5-21(31-2)25(16)33-22)10-11-20(19)32-24(14)23(29)15-6-8-17(27)9-7-15/h3-13H,1-2H3,(H,28,30). The number of fused-ring (bicyclic) bond motifs is 2. The summed E-state index contributed by atoms with van der Waals surface area (Å²) in [6, 6.07) is 19.0. The van der Waals surface area contributed by atoms with E-state index in [1.165, 1.54) is 0 Å². The van der Waals surface area contributed by atoms with E-state index in [1.54, 1.807) is 61.7 Å². The predicted octanol–water partition coefficient (Wildman–Crippen LogP) is 6.63. The number of carbonyl (C=O) groups is 2. The lowest BCUT2D eigenvalue weighted by Gasteiger charge is -2.03. The molecule has 3 aromatic carbocycles. The van der Waals surface area contributed by atoms with Crippen LogP contribution in [0.1, 0.15) is 32.2 Å². The second-order valence-corrected chi connectivity index (χ2v) is 7.98. The number of furan rings is 2. The van der Waals surface area contributed by atoms with Gasteiger partial charge in [0.2, 0.25) is 5.78 Å². The maximum absolute atomic E-state index is 12.9. The lowest BCUT2D eigenvalue weighted by atomic mass is 10.0. The molecule has 0 aliphatic heterocycles. The van der Waals surface area contributed by atoms with Crippen LogP contribution in [0.15, 0.2) is 75.6 Å². The van der Waals surface area contributed by atoms with Crippen LogP contribution in [0, 0.1) is 6.92 Å². The van der Waals surface area contributed by atoms with Crippen LogP contribution in [0.4, 0.5) is 5.69 Å². The van der Waals surface area contributed by atoms with Crippen molar-refractivity contribution in [3.8, 4) is 5.75 Å². The van der Waals surface area contributed by atoms with Crippen molar-refractivity contribution in [2.75, 3.05) is 12.4 Å². The van der Waals surface area contributed by atoms with Crippen molar-refractivity contribution in [1.82, 2.24) is 0 Å². The Hall–Kier alpha value is -4.03. The molecule has 2 aromatic heterocycles. The fourth-order valence-corrected chi connectivity index (χ4v) is 3.88. The molecule has 1 amide bonds. The third-order valence-corrected chi connectivity index (χ3v) is 5.71. The summed E-state index contributed by atoms with van der Waals surface area (Å²) in [5, 5.41) is 4.89. The number of hydrogen-bond donors (Lipinski definition) is 1. The molecule has 0 unspecified atom stereocenters. The van der Waals surface area contributed by atoms with Gasteiger partial charge in [-0.25, -0.2) is 0 Å². The highest BCUT2D eigenvalue weighted by Crippen LogP contribution is 2.31. The third-order valence-electron chi connectivity index (χ3n) is 5.46. The van der Waals surface area contributed by atoms with Crippen molar-refractivity contribution < 1.29 is 23.2 Å². The molecule has 0 radical (unpaired) electrons. The van der Waals surface area contributed by atoms with Gasteiger partial charge in [-0.2, -0.15) is 0 Å². The summed E-state index contributed by atoms with van der Waals surface area (Å²) in [5.41, 5.74) is 2.78. The van der Waals surface area contributed by atoms with Gasteiger partial charge < -0.3 is 18.9 Å². The number of benzene rings is 3. The number of nitrogens with one attached hydrogen (secondary N) is 1. The van der Waals surface area contributed by atoms with E-state index < -0.39 is 5.91 Å². The maximum atomic E-state index is 12.9. The minimum Gasteiger partial charge on any atom is -0.493 e. The molecule has 164 valence electrons. The molecular weight excluding hydrogens is 442 g/mol. The second kappa shape index (κ2) is 8.15. The van der Waals surface area contributed by atoms with E-state index in [9.17, 15) is 9.59 Å². The summed E-state index contributed by atoms with van der Waals surface area (Å²) in [7, 11) is 1.55. The fraction of sp³-hybridized carbons (Fsp3) is 0.0769. The molecular formula is C26H18ClNO5. The van der Waals surface area contributed by atoms with Crippen LogP contribution >= 0.6 is 11.6 Å². The molecule has 6 nitrogen and oxygen atoms in total. The van der Waals surface area contributed by atoms with Crippen molar-refractivity contribution in [2.24, 2.45) is 0 Å². The summed E-state index contributed by atoms with van der Waals surface area (Å²) in [6.45, 7) is 1.81. The molecule has 7 heteroatoms. The first kappa shape index (κ1) is 20.8. The number of para-hydroxylation sites is 1. The van der Waals surface area contributed by atoms with Crippen molar-refractivity contribution in [3.63, 3.8) is 0 Å². The number of ketones is 1. The van der Waals surface area contributed by atoms with Crippen LogP contribution in [-0.2, 0) is 0 Å². The third kappa shape index (κ3) is 3.75. The van der Waals surface area contributed by atoms with E-state index in [2.05, 4.69) is 5.32 Å². The Kier molecular flexibility index (Phi) is 5.15. The lowest BCUT2D eigenvalue weighted by Crippen LogP contribution is -2.10. The second-order valence-electron chi connectivity index (χ2n) is 7.55. The molecule has 5 rings (SSSR count). The number of hydrogen-bond acceptors (Lipinski definition) is 5. The lowest BCUT2D eigenvalue weighted by molar-refractivity contribution is 0.0995. The first-order valence-corrected chi connectivity index (χ1v) is 10.5. The summed E-state index contributed by atoms with van der Waals surface area (Å²) in [6.07, 6.45) is 0. The molecule has 5 aromatic rings. The minimum atomic E-state index is -0.397. The Labute approximate surface area is 193 Å². The Morgan fingerprint density at radius 1 is 0.970 bits per heavy atom. The Morgan fingerprint density at radius 2 is 1.76 bits per heavy atom. The number of ether oxygens (including phenoxy) is 1. The van der Waals surface area contributed by atoms with E-state index in [-0.39, 0.29) is 17.3 Å². The molecule has 33 heavy (non-hydrogen) atoms. The molecule has 0 fully saturated rings. The van der Waals surface area contributed by atoms with Gasteiger partial charge in [-0.15, -0.1) is 0 Å². The molecule has 2 heterocycles. The van der Waals surface area contributed by atoms with Gasteiger partial charge >= 0.3 is 0 Å². The largest absolute Gasteiger partial charge is 0.493 e. The van der Waals surface area contributed by atoms with E-state index in [1.807, 2.05) is 19.1 Å². The predicted molar refractivity (Wildman–Crippen MR) is 127 cm³/mol. The zero-order chi connectivity index (χ0) is 23.1. The first-order chi connectivity index (χ1) is 15.9. The van der Waals surface area contributed by atoms with Crippen LogP contribution in [0.5, 0.6) is 5.75 Å². The summed E-state index contributed by atoms with van der Waals surface area (Å²) < 4.78 is 16.8. The number of aryl methyl sites for hydroxylation is 1. The van der Waals surface area contributed by atoms with E-state index >= 15 is 0 Å². The van der Waals surface area contributed by atoms with Gasteiger partial charge in [0.15, 0.2) is 22.9 Å². The quantitative estimate of drug-likeness (QED) is 0.298. The number of carbonyl (C=O) groups excluding carboxylic acids is 2. The number of rotatable bonds is 5. The number of methoxy groups -OCH3 is 1. The Bertz CT molecular complexity index is 1530. The minimum absolute atomic E-state index is 0.164. The van der Waals surface area contributed by atoms with Crippen molar-refractivity contribution >= 4 is 50.9 Å². The van der Waals surface area contributed by atoms with Crippen LogP contribution in [0.25, 0.3) is 21.9 Å². The Morgan fingerprint density at radius 3 is 2.52 bits per heavy atom. The average molecular weight is 460 g/mol. The smallest absolute Gasteiger partial charge is 0.291 e. The van der Waals surface area contributed by atoms with Crippen LogP contribution in [0.2, 0.25) is 5.02 Å². The van der Waals surface area contributed by atoms with Crippen LogP contribution in [0.3, 0.4) is 0 Å². The van der Waals surface area contributed by atoms with Crippen molar-refractivity contribution in [1.29, 1.82) is 0 Å². The molecule has 1 N–H and O–H groups in total. The summed E-state index contributed by atoms with van der Waals surface area (Å²) in [4.78, 5) is 25.7. The van der Waals surface area contributed by atoms with Crippen molar-refractivity contribution in [3.05, 3.63) is 94.4 Å². The van der Waals surface area contributed by atoms with Crippen molar-refractivity contribution in [2.45, 2.75) is 6.92 Å². The fourth-order valence-electron chi connectivity index (χ4n) is 3.75. The normalized spacial score (nSPS) is 11.1. The van der Waals surface area contributed by atoms with Gasteiger partial charge in [-0.05, 0) is 61.5 Å². The Balaban J connectivity index is 1.44. The molecule has 0 saturated heterocycles. The van der Waals surface area contributed by atoms with E-state index in [0.29, 0.717) is 38.8 Å². The maximum Gasteiger partial charge on any atom is 0.291 e. The van der Waals surface area contributed by atoms with Gasteiger partial charge in [0.05, 0.1) is 7.11 Å². The molecule has 0 spiro atoms.